The van der Waals surface area contributed by atoms with Crippen LogP contribution in [0.5, 0.6) is 0 Å². The van der Waals surface area contributed by atoms with Crippen LogP contribution in [0.2, 0.25) is 0 Å². The summed E-state index contributed by atoms with van der Waals surface area (Å²) in [6.07, 6.45) is 6.20. The van der Waals surface area contributed by atoms with Crippen LogP contribution in [0, 0.1) is 5.82 Å². The maximum Gasteiger partial charge on any atom is 0.246 e. The highest BCUT2D eigenvalue weighted by atomic mass is 19.1. The van der Waals surface area contributed by atoms with Gasteiger partial charge in [-0.25, -0.2) is 4.39 Å². The predicted octanol–water partition coefficient (Wildman–Crippen LogP) is 2.43. The molecule has 1 saturated heterocycles. The summed E-state index contributed by atoms with van der Waals surface area (Å²) < 4.78 is 13.8. The minimum atomic E-state index is -0.474. The number of nitrogens with zero attached hydrogens (tertiary/aromatic N) is 2. The van der Waals surface area contributed by atoms with E-state index in [0.717, 1.165) is 37.7 Å². The number of rotatable bonds is 5. The molecule has 0 radical (unpaired) electrons. The van der Waals surface area contributed by atoms with Gasteiger partial charge in [0.15, 0.2) is 0 Å². The molecule has 6 heteroatoms. The van der Waals surface area contributed by atoms with E-state index < -0.39 is 5.54 Å². The van der Waals surface area contributed by atoms with Crippen molar-refractivity contribution in [1.29, 1.82) is 0 Å². The quantitative estimate of drug-likeness (QED) is 0.807. The van der Waals surface area contributed by atoms with Gasteiger partial charge in [-0.2, -0.15) is 0 Å². The van der Waals surface area contributed by atoms with Gasteiger partial charge in [-0.3, -0.25) is 14.5 Å². The van der Waals surface area contributed by atoms with Crippen LogP contribution in [0.4, 0.5) is 4.39 Å². The fourth-order valence-corrected chi connectivity index (χ4v) is 4.19. The van der Waals surface area contributed by atoms with Crippen LogP contribution in [-0.2, 0) is 15.1 Å². The molecule has 2 amide bonds. The van der Waals surface area contributed by atoms with Crippen LogP contribution in [0.15, 0.2) is 36.9 Å². The first-order valence-electron chi connectivity index (χ1n) is 9.73. The SMILES string of the molecule is C=CC(=O)N1CCN(CC(=O)NC2(c3cccc(F)c3)CCCCC2)CC1. The zero-order valence-electron chi connectivity index (χ0n) is 15.8. The summed E-state index contributed by atoms with van der Waals surface area (Å²) in [5.41, 5.74) is 0.384. The molecule has 146 valence electrons. The standard InChI is InChI=1S/C21H28FN3O2/c1-2-20(27)25-13-11-24(12-14-25)16-19(26)23-21(9-4-3-5-10-21)17-7-6-8-18(22)15-17/h2,6-8,15H,1,3-5,9-14,16H2,(H,23,26). The molecule has 1 aliphatic carbocycles. The Morgan fingerprint density at radius 1 is 1.15 bits per heavy atom. The molecule has 0 aromatic heterocycles. The molecule has 5 nitrogen and oxygen atoms in total. The summed E-state index contributed by atoms with van der Waals surface area (Å²) in [6.45, 7) is 6.36. The van der Waals surface area contributed by atoms with E-state index in [1.165, 1.54) is 12.1 Å². The summed E-state index contributed by atoms with van der Waals surface area (Å²) >= 11 is 0. The Morgan fingerprint density at radius 3 is 2.48 bits per heavy atom. The van der Waals surface area contributed by atoms with Crippen molar-refractivity contribution < 1.29 is 14.0 Å². The average molecular weight is 373 g/mol. The van der Waals surface area contributed by atoms with Gasteiger partial charge in [0.1, 0.15) is 5.82 Å². The summed E-state index contributed by atoms with van der Waals surface area (Å²) in [6, 6.07) is 6.61. The number of piperazine rings is 1. The molecule has 1 aromatic carbocycles. The van der Waals surface area contributed by atoms with Gasteiger partial charge in [-0.1, -0.05) is 38.0 Å². The number of benzene rings is 1. The number of carbonyl (C=O) groups is 2. The third kappa shape index (κ3) is 4.75. The number of nitrogens with one attached hydrogen (secondary N) is 1. The summed E-state index contributed by atoms with van der Waals surface area (Å²) in [5, 5.41) is 3.22. The lowest BCUT2D eigenvalue weighted by atomic mass is 9.76. The molecular weight excluding hydrogens is 345 g/mol. The first-order valence-corrected chi connectivity index (χ1v) is 9.73. The maximum atomic E-state index is 13.8. The highest BCUT2D eigenvalue weighted by molar-refractivity contribution is 5.87. The smallest absolute Gasteiger partial charge is 0.246 e. The van der Waals surface area contributed by atoms with Crippen molar-refractivity contribution in [2.45, 2.75) is 37.6 Å². The molecule has 0 bridgehead atoms. The molecule has 27 heavy (non-hydrogen) atoms. The molecule has 0 spiro atoms. The molecular formula is C21H28FN3O2. The van der Waals surface area contributed by atoms with Crippen LogP contribution in [-0.4, -0.2) is 54.3 Å². The number of hydrogen-bond acceptors (Lipinski definition) is 3. The van der Waals surface area contributed by atoms with Crippen molar-refractivity contribution in [3.8, 4) is 0 Å². The van der Waals surface area contributed by atoms with E-state index in [1.54, 1.807) is 17.0 Å². The Labute approximate surface area is 160 Å². The Hall–Kier alpha value is -2.21. The first kappa shape index (κ1) is 19.5. The zero-order valence-corrected chi connectivity index (χ0v) is 15.8. The van der Waals surface area contributed by atoms with Crippen molar-refractivity contribution in [1.82, 2.24) is 15.1 Å². The van der Waals surface area contributed by atoms with E-state index in [4.69, 9.17) is 0 Å². The molecule has 2 aliphatic rings. The third-order valence-corrected chi connectivity index (χ3v) is 5.69. The lowest BCUT2D eigenvalue weighted by Crippen LogP contribution is -2.54. The molecule has 3 rings (SSSR count). The van der Waals surface area contributed by atoms with Gasteiger partial charge in [0.2, 0.25) is 11.8 Å². The molecule has 2 fully saturated rings. The van der Waals surface area contributed by atoms with Crippen molar-refractivity contribution in [3.63, 3.8) is 0 Å². The highest BCUT2D eigenvalue weighted by Crippen LogP contribution is 2.37. The van der Waals surface area contributed by atoms with Crippen LogP contribution >= 0.6 is 0 Å². The summed E-state index contributed by atoms with van der Waals surface area (Å²) in [5.74, 6) is -0.370. The second-order valence-corrected chi connectivity index (χ2v) is 7.51. The Balaban J connectivity index is 1.62. The summed E-state index contributed by atoms with van der Waals surface area (Å²) in [4.78, 5) is 28.2. The van der Waals surface area contributed by atoms with Crippen LogP contribution in [0.3, 0.4) is 0 Å². The fourth-order valence-electron chi connectivity index (χ4n) is 4.19. The van der Waals surface area contributed by atoms with Crippen molar-refractivity contribution in [2.75, 3.05) is 32.7 Å². The maximum absolute atomic E-state index is 13.8. The molecule has 1 aliphatic heterocycles. The van der Waals surface area contributed by atoms with Crippen LogP contribution < -0.4 is 5.32 Å². The number of hydrogen-bond donors (Lipinski definition) is 1. The zero-order chi connectivity index (χ0) is 19.3. The molecule has 1 heterocycles. The highest BCUT2D eigenvalue weighted by Gasteiger charge is 2.36. The van der Waals surface area contributed by atoms with Gasteiger partial charge in [-0.15, -0.1) is 0 Å². The van der Waals surface area contributed by atoms with E-state index in [-0.39, 0.29) is 17.6 Å². The molecule has 0 atom stereocenters. The Bertz CT molecular complexity index is 692. The van der Waals surface area contributed by atoms with Gasteiger partial charge < -0.3 is 10.2 Å². The van der Waals surface area contributed by atoms with Gasteiger partial charge in [-0.05, 0) is 36.6 Å². The van der Waals surface area contributed by atoms with Gasteiger partial charge >= 0.3 is 0 Å². The first-order chi connectivity index (χ1) is 13.0. The van der Waals surface area contributed by atoms with Crippen molar-refractivity contribution in [3.05, 3.63) is 48.3 Å². The minimum Gasteiger partial charge on any atom is -0.345 e. The largest absolute Gasteiger partial charge is 0.345 e. The van der Waals surface area contributed by atoms with Crippen LogP contribution in [0.1, 0.15) is 37.7 Å². The van der Waals surface area contributed by atoms with E-state index >= 15 is 0 Å². The second-order valence-electron chi connectivity index (χ2n) is 7.51. The molecule has 0 unspecified atom stereocenters. The van der Waals surface area contributed by atoms with Crippen molar-refractivity contribution >= 4 is 11.8 Å². The lowest BCUT2D eigenvalue weighted by Gasteiger charge is -2.40. The average Bonchev–Trinajstić information content (AvgIpc) is 2.68. The minimum absolute atomic E-state index is 0.0374. The fraction of sp³-hybridized carbons (Fsp3) is 0.524. The molecule has 1 N–H and O–H groups in total. The Morgan fingerprint density at radius 2 is 1.85 bits per heavy atom. The lowest BCUT2D eigenvalue weighted by molar-refractivity contribution is -0.128. The third-order valence-electron chi connectivity index (χ3n) is 5.69. The van der Waals surface area contributed by atoms with E-state index in [1.807, 2.05) is 6.07 Å². The monoisotopic (exact) mass is 373 g/mol. The number of halogens is 1. The molecule has 1 saturated carbocycles. The summed E-state index contributed by atoms with van der Waals surface area (Å²) in [7, 11) is 0. The van der Waals surface area contributed by atoms with Gasteiger partial charge in [0.05, 0.1) is 12.1 Å². The second kappa shape index (κ2) is 8.65. The predicted molar refractivity (Wildman–Crippen MR) is 103 cm³/mol. The molecule has 1 aromatic rings. The van der Waals surface area contributed by atoms with Crippen LogP contribution in [0.25, 0.3) is 0 Å². The van der Waals surface area contributed by atoms with Crippen molar-refractivity contribution in [2.24, 2.45) is 0 Å². The normalized spacial score (nSPS) is 20.1. The van der Waals surface area contributed by atoms with E-state index in [9.17, 15) is 14.0 Å². The number of carbonyl (C=O) groups excluding carboxylic acids is 2. The Kier molecular flexibility index (Phi) is 6.26. The topological polar surface area (TPSA) is 52.7 Å². The van der Waals surface area contributed by atoms with Gasteiger partial charge in [0.25, 0.3) is 0 Å². The van der Waals surface area contributed by atoms with E-state index in [2.05, 4.69) is 16.8 Å². The number of amides is 2. The van der Waals surface area contributed by atoms with E-state index in [0.29, 0.717) is 32.7 Å². The van der Waals surface area contributed by atoms with Gasteiger partial charge in [0, 0.05) is 26.2 Å².